The molecule has 0 aliphatic carbocycles. The zero-order valence-electron chi connectivity index (χ0n) is 11.9. The van der Waals surface area contributed by atoms with Crippen LogP contribution < -0.4 is 5.32 Å². The van der Waals surface area contributed by atoms with Crippen molar-refractivity contribution in [3.05, 3.63) is 29.3 Å². The average Bonchev–Trinajstić information content (AvgIpc) is 2.30. The molecule has 0 bridgehead atoms. The summed E-state index contributed by atoms with van der Waals surface area (Å²) >= 11 is 1.60. The molecule has 1 aromatic rings. The molecule has 0 fully saturated rings. The van der Waals surface area contributed by atoms with Gasteiger partial charge in [-0.25, -0.2) is 8.42 Å². The van der Waals surface area contributed by atoms with Crippen molar-refractivity contribution < 1.29 is 8.42 Å². The summed E-state index contributed by atoms with van der Waals surface area (Å²) in [4.78, 5) is 1.14. The number of hydrogen-bond donors (Lipinski definition) is 1. The molecule has 0 atom stereocenters. The fourth-order valence-electron chi connectivity index (χ4n) is 1.67. The quantitative estimate of drug-likeness (QED) is 0.592. The lowest BCUT2D eigenvalue weighted by atomic mass is 10.1. The molecule has 0 aliphatic rings. The van der Waals surface area contributed by atoms with Crippen LogP contribution in [0.4, 0.5) is 0 Å². The predicted molar refractivity (Wildman–Crippen MR) is 83.6 cm³/mol. The summed E-state index contributed by atoms with van der Waals surface area (Å²) in [5, 5.41) is 3.39. The Morgan fingerprint density at radius 3 is 2.63 bits per heavy atom. The molecule has 3 nitrogen and oxygen atoms in total. The van der Waals surface area contributed by atoms with Crippen molar-refractivity contribution in [3.8, 4) is 0 Å². The van der Waals surface area contributed by atoms with Crippen LogP contribution in [0.1, 0.15) is 24.5 Å². The van der Waals surface area contributed by atoms with Gasteiger partial charge >= 0.3 is 0 Å². The van der Waals surface area contributed by atoms with E-state index < -0.39 is 9.84 Å². The summed E-state index contributed by atoms with van der Waals surface area (Å²) in [7, 11) is -2.86. The Morgan fingerprint density at radius 1 is 1.32 bits per heavy atom. The summed E-state index contributed by atoms with van der Waals surface area (Å²) in [5.41, 5.74) is 2.56. The normalized spacial score (nSPS) is 11.7. The van der Waals surface area contributed by atoms with Crippen molar-refractivity contribution in [2.45, 2.75) is 31.7 Å². The zero-order chi connectivity index (χ0) is 14.3. The van der Waals surface area contributed by atoms with Gasteiger partial charge in [-0.2, -0.15) is 0 Å². The molecular formula is C14H23NO2S2. The number of benzene rings is 1. The third-order valence-electron chi connectivity index (χ3n) is 2.78. The monoisotopic (exact) mass is 301 g/mol. The van der Waals surface area contributed by atoms with Crippen LogP contribution >= 0.6 is 11.8 Å². The van der Waals surface area contributed by atoms with Crippen LogP contribution in [0.2, 0.25) is 0 Å². The van der Waals surface area contributed by atoms with Crippen LogP contribution in [0.15, 0.2) is 23.1 Å². The van der Waals surface area contributed by atoms with Crippen LogP contribution in [-0.2, 0) is 16.4 Å². The molecule has 1 rings (SSSR count). The largest absolute Gasteiger partial charge is 0.313 e. The Morgan fingerprint density at radius 2 is 2.05 bits per heavy atom. The first-order valence-electron chi connectivity index (χ1n) is 6.53. The van der Waals surface area contributed by atoms with E-state index in [9.17, 15) is 8.42 Å². The topological polar surface area (TPSA) is 46.2 Å². The lowest BCUT2D eigenvalue weighted by Crippen LogP contribution is -2.14. The molecule has 1 N–H and O–H groups in total. The van der Waals surface area contributed by atoms with Gasteiger partial charge in [0.15, 0.2) is 0 Å². The van der Waals surface area contributed by atoms with Crippen molar-refractivity contribution in [1.29, 1.82) is 0 Å². The van der Waals surface area contributed by atoms with Gasteiger partial charge in [0.25, 0.3) is 0 Å². The molecular weight excluding hydrogens is 278 g/mol. The van der Waals surface area contributed by atoms with Crippen LogP contribution in [0, 0.1) is 6.92 Å². The van der Waals surface area contributed by atoms with E-state index in [1.807, 2.05) is 0 Å². The highest BCUT2D eigenvalue weighted by atomic mass is 32.2. The standard InChI is InChI=1S/C14H23NO2S2/c1-4-7-15-11-13-5-6-14(10-12(13)2)18-8-9-19(3,16)17/h5-6,10,15H,4,7-9,11H2,1-3H3. The van der Waals surface area contributed by atoms with Crippen molar-refractivity contribution in [3.63, 3.8) is 0 Å². The summed E-state index contributed by atoms with van der Waals surface area (Å²) in [5.74, 6) is 0.849. The van der Waals surface area contributed by atoms with Crippen LogP contribution in [-0.4, -0.2) is 32.7 Å². The molecule has 0 saturated heterocycles. The highest BCUT2D eigenvalue weighted by molar-refractivity contribution is 8.00. The number of sulfone groups is 1. The highest BCUT2D eigenvalue weighted by Gasteiger charge is 2.04. The SMILES string of the molecule is CCCNCc1ccc(SCCS(C)(=O)=O)cc1C. The number of thioether (sulfide) groups is 1. The molecule has 1 aromatic carbocycles. The van der Waals surface area contributed by atoms with E-state index in [0.717, 1.165) is 24.4 Å². The van der Waals surface area contributed by atoms with Gasteiger partial charge in [-0.15, -0.1) is 11.8 Å². The molecule has 19 heavy (non-hydrogen) atoms. The van der Waals surface area contributed by atoms with E-state index in [4.69, 9.17) is 0 Å². The van der Waals surface area contributed by atoms with Crippen LogP contribution in [0.5, 0.6) is 0 Å². The van der Waals surface area contributed by atoms with Gasteiger partial charge in [0.05, 0.1) is 5.75 Å². The van der Waals surface area contributed by atoms with E-state index >= 15 is 0 Å². The van der Waals surface area contributed by atoms with E-state index in [-0.39, 0.29) is 5.75 Å². The number of aryl methyl sites for hydroxylation is 1. The Balaban J connectivity index is 2.51. The Labute approximate surface area is 121 Å². The minimum atomic E-state index is -2.86. The van der Waals surface area contributed by atoms with Crippen molar-refractivity contribution in [1.82, 2.24) is 5.32 Å². The van der Waals surface area contributed by atoms with Gasteiger partial charge in [-0.3, -0.25) is 0 Å². The summed E-state index contributed by atoms with van der Waals surface area (Å²) in [6.07, 6.45) is 2.42. The molecule has 0 aromatic heterocycles. The smallest absolute Gasteiger partial charge is 0.148 e. The molecule has 0 heterocycles. The lowest BCUT2D eigenvalue weighted by Gasteiger charge is -2.09. The predicted octanol–water partition coefficient (Wildman–Crippen LogP) is 2.63. The second kappa shape index (κ2) is 7.92. The Bertz CT molecular complexity index is 498. The van der Waals surface area contributed by atoms with Crippen LogP contribution in [0.25, 0.3) is 0 Å². The van der Waals surface area contributed by atoms with Crippen molar-refractivity contribution in [2.24, 2.45) is 0 Å². The third-order valence-corrected chi connectivity index (χ3v) is 4.98. The molecule has 0 unspecified atom stereocenters. The Kier molecular flexibility index (Phi) is 6.89. The average molecular weight is 301 g/mol. The van der Waals surface area contributed by atoms with E-state index in [1.165, 1.54) is 17.4 Å². The number of rotatable bonds is 8. The maximum Gasteiger partial charge on any atom is 0.148 e. The third kappa shape index (κ3) is 6.99. The van der Waals surface area contributed by atoms with E-state index in [2.05, 4.69) is 37.4 Å². The summed E-state index contributed by atoms with van der Waals surface area (Å²) < 4.78 is 22.1. The fourth-order valence-corrected chi connectivity index (χ4v) is 3.87. The van der Waals surface area contributed by atoms with Crippen molar-refractivity contribution in [2.75, 3.05) is 24.3 Å². The minimum Gasteiger partial charge on any atom is -0.313 e. The second-order valence-corrected chi connectivity index (χ2v) is 8.17. The lowest BCUT2D eigenvalue weighted by molar-refractivity contribution is 0.603. The van der Waals surface area contributed by atoms with E-state index in [1.54, 1.807) is 11.8 Å². The second-order valence-electron chi connectivity index (χ2n) is 4.74. The van der Waals surface area contributed by atoms with Gasteiger partial charge in [-0.05, 0) is 43.1 Å². The van der Waals surface area contributed by atoms with Gasteiger partial charge in [0.1, 0.15) is 9.84 Å². The highest BCUT2D eigenvalue weighted by Crippen LogP contribution is 2.21. The first kappa shape index (κ1) is 16.5. The molecule has 0 saturated carbocycles. The summed E-state index contributed by atoms with van der Waals surface area (Å²) in [6.45, 7) is 6.18. The molecule has 0 amide bonds. The number of hydrogen-bond acceptors (Lipinski definition) is 4. The fraction of sp³-hybridized carbons (Fsp3) is 0.571. The molecule has 0 radical (unpaired) electrons. The van der Waals surface area contributed by atoms with Crippen LogP contribution in [0.3, 0.4) is 0 Å². The van der Waals surface area contributed by atoms with Gasteiger partial charge in [0, 0.05) is 23.4 Å². The number of nitrogens with one attached hydrogen (secondary N) is 1. The van der Waals surface area contributed by atoms with Gasteiger partial charge in [0.2, 0.25) is 0 Å². The molecule has 108 valence electrons. The molecule has 0 aliphatic heterocycles. The maximum atomic E-state index is 11.1. The minimum absolute atomic E-state index is 0.233. The van der Waals surface area contributed by atoms with E-state index in [0.29, 0.717) is 5.75 Å². The maximum absolute atomic E-state index is 11.1. The van der Waals surface area contributed by atoms with Gasteiger partial charge in [-0.1, -0.05) is 13.0 Å². The van der Waals surface area contributed by atoms with Gasteiger partial charge < -0.3 is 5.32 Å². The Hall–Kier alpha value is -0.520. The molecule has 0 spiro atoms. The zero-order valence-corrected chi connectivity index (χ0v) is 13.5. The first-order chi connectivity index (χ1) is 8.92. The first-order valence-corrected chi connectivity index (χ1v) is 9.57. The molecule has 5 heteroatoms. The van der Waals surface area contributed by atoms with Crippen molar-refractivity contribution >= 4 is 21.6 Å². The summed E-state index contributed by atoms with van der Waals surface area (Å²) in [6, 6.07) is 6.33.